The molecule has 2 aliphatic carbocycles. The average molecular weight is 528 g/mol. The smallest absolute Gasteiger partial charge is 0.231 e. The van der Waals surface area contributed by atoms with Gasteiger partial charge in [-0.25, -0.2) is 13.3 Å². The van der Waals surface area contributed by atoms with E-state index in [-0.39, 0.29) is 23.4 Å². The first kappa shape index (κ1) is 24.1. The quantitative estimate of drug-likeness (QED) is 0.331. The Morgan fingerprint density at radius 3 is 2.73 bits per heavy atom. The number of aromatic nitrogens is 4. The number of amides is 1. The number of H-pyrrole nitrogens is 1. The highest BCUT2D eigenvalue weighted by atomic mass is 35.5. The van der Waals surface area contributed by atoms with E-state index in [9.17, 15) is 9.18 Å². The molecule has 2 fully saturated rings. The van der Waals surface area contributed by atoms with Crippen LogP contribution in [0.2, 0.25) is 5.02 Å². The zero-order valence-corrected chi connectivity index (χ0v) is 21.3. The summed E-state index contributed by atoms with van der Waals surface area (Å²) >= 11 is 6.71. The number of alkyl halides is 1. The molecule has 0 spiro atoms. The van der Waals surface area contributed by atoms with Gasteiger partial charge in [-0.1, -0.05) is 11.6 Å². The highest BCUT2D eigenvalue weighted by Crippen LogP contribution is 2.44. The zero-order valence-electron chi connectivity index (χ0n) is 20.6. The summed E-state index contributed by atoms with van der Waals surface area (Å²) in [7, 11) is 3.90. The number of halogens is 3. The highest BCUT2D eigenvalue weighted by molar-refractivity contribution is 6.36. The van der Waals surface area contributed by atoms with Gasteiger partial charge in [-0.2, -0.15) is 10.2 Å². The summed E-state index contributed by atoms with van der Waals surface area (Å²) in [5.74, 6) is -1.14. The summed E-state index contributed by atoms with van der Waals surface area (Å²) in [6.07, 6.45) is 6.54. The number of carbonyl (C=O) groups excluding carboxylic acids is 1. The van der Waals surface area contributed by atoms with E-state index >= 15 is 4.39 Å². The second-order valence-corrected chi connectivity index (χ2v) is 10.5. The Labute approximate surface area is 217 Å². The lowest BCUT2D eigenvalue weighted by molar-refractivity contribution is -0.117. The predicted molar refractivity (Wildman–Crippen MR) is 140 cm³/mol. The first-order valence-electron chi connectivity index (χ1n) is 12.5. The van der Waals surface area contributed by atoms with Gasteiger partial charge in [-0.3, -0.25) is 9.89 Å². The molecule has 1 amide bonds. The topological polar surface area (TPSA) is 90.3 Å². The van der Waals surface area contributed by atoms with Crippen molar-refractivity contribution in [3.63, 3.8) is 0 Å². The Balaban J connectivity index is 1.35. The molecule has 2 atom stereocenters. The second-order valence-electron chi connectivity index (χ2n) is 10.1. The van der Waals surface area contributed by atoms with Crippen LogP contribution >= 0.6 is 11.6 Å². The number of hydrogen-bond acceptors (Lipinski definition) is 5. The number of carbonyl (C=O) groups is 1. The average Bonchev–Trinajstić information content (AvgIpc) is 3.25. The summed E-state index contributed by atoms with van der Waals surface area (Å²) in [6, 6.07) is 6.01. The van der Waals surface area contributed by atoms with Gasteiger partial charge in [0.2, 0.25) is 5.91 Å². The SMILES string of the molecule is CN[C@H]1CC[C@H](N(C)c2c(F)c(Cl)c(-c3ccn4nc(NC(=O)[C@@H]5C[C@@H]5F)cc4c3)c3cn[nH]c23)CC1. The molecule has 8 nitrogen and oxygen atoms in total. The summed E-state index contributed by atoms with van der Waals surface area (Å²) in [5, 5.41) is 18.3. The van der Waals surface area contributed by atoms with Gasteiger partial charge in [0, 0.05) is 42.3 Å². The van der Waals surface area contributed by atoms with Crippen molar-refractivity contribution in [2.24, 2.45) is 5.92 Å². The van der Waals surface area contributed by atoms with Crippen molar-refractivity contribution in [2.75, 3.05) is 24.3 Å². The molecular formula is C26H28ClF2N7O. The predicted octanol–water partition coefficient (Wildman–Crippen LogP) is 4.93. The Bertz CT molecular complexity index is 1490. The van der Waals surface area contributed by atoms with Gasteiger partial charge in [0.1, 0.15) is 11.9 Å². The third-order valence-corrected chi connectivity index (χ3v) is 8.18. The minimum Gasteiger partial charge on any atom is -0.367 e. The Morgan fingerprint density at radius 1 is 1.27 bits per heavy atom. The maximum Gasteiger partial charge on any atom is 0.231 e. The third-order valence-electron chi connectivity index (χ3n) is 7.82. The maximum absolute atomic E-state index is 15.9. The van der Waals surface area contributed by atoms with E-state index < -0.39 is 17.9 Å². The van der Waals surface area contributed by atoms with E-state index in [1.54, 1.807) is 29.0 Å². The van der Waals surface area contributed by atoms with Gasteiger partial charge in [-0.05, 0) is 56.8 Å². The highest BCUT2D eigenvalue weighted by Gasteiger charge is 2.43. The van der Waals surface area contributed by atoms with E-state index in [1.807, 2.05) is 25.1 Å². The number of fused-ring (bicyclic) bond motifs is 2. The lowest BCUT2D eigenvalue weighted by atomic mass is 9.90. The Kier molecular flexibility index (Phi) is 6.03. The van der Waals surface area contributed by atoms with Crippen molar-refractivity contribution in [3.05, 3.63) is 41.4 Å². The van der Waals surface area contributed by atoms with Crippen molar-refractivity contribution in [2.45, 2.75) is 50.4 Å². The van der Waals surface area contributed by atoms with Crippen LogP contribution in [-0.4, -0.2) is 58.1 Å². The van der Waals surface area contributed by atoms with Crippen LogP contribution in [0.25, 0.3) is 27.5 Å². The minimum atomic E-state index is -1.08. The van der Waals surface area contributed by atoms with Crippen LogP contribution in [0.4, 0.5) is 20.3 Å². The first-order valence-corrected chi connectivity index (χ1v) is 12.9. The molecule has 2 saturated carbocycles. The van der Waals surface area contributed by atoms with Gasteiger partial charge >= 0.3 is 0 Å². The molecule has 4 aromatic rings. The number of nitrogens with zero attached hydrogens (tertiary/aromatic N) is 4. The fourth-order valence-corrected chi connectivity index (χ4v) is 5.81. The molecule has 0 radical (unpaired) electrons. The van der Waals surface area contributed by atoms with Crippen LogP contribution in [0.3, 0.4) is 0 Å². The van der Waals surface area contributed by atoms with Crippen LogP contribution in [0, 0.1) is 11.7 Å². The van der Waals surface area contributed by atoms with Crippen molar-refractivity contribution in [1.29, 1.82) is 0 Å². The van der Waals surface area contributed by atoms with E-state index in [1.165, 1.54) is 0 Å². The number of nitrogens with one attached hydrogen (secondary N) is 3. The lowest BCUT2D eigenvalue weighted by Gasteiger charge is -2.36. The molecule has 3 N–H and O–H groups in total. The first-order chi connectivity index (χ1) is 17.9. The van der Waals surface area contributed by atoms with Crippen LogP contribution in [0.1, 0.15) is 32.1 Å². The molecule has 0 saturated heterocycles. The number of anilines is 2. The van der Waals surface area contributed by atoms with Crippen molar-refractivity contribution in [3.8, 4) is 11.1 Å². The molecule has 3 heterocycles. The summed E-state index contributed by atoms with van der Waals surface area (Å²) in [5.41, 5.74) is 2.93. The van der Waals surface area contributed by atoms with Gasteiger partial charge in [0.25, 0.3) is 0 Å². The molecule has 11 heteroatoms. The molecule has 2 aliphatic rings. The van der Waals surface area contributed by atoms with Gasteiger partial charge < -0.3 is 15.5 Å². The molecule has 0 bridgehead atoms. The molecule has 0 aliphatic heterocycles. The summed E-state index contributed by atoms with van der Waals surface area (Å²) < 4.78 is 30.8. The molecule has 194 valence electrons. The standard InChI is InChI=1S/C26H28ClF2N7O/c1-30-14-3-5-15(6-4-14)35(2)25-23(29)22(27)21(18-12-31-33-24(18)25)13-7-8-36-16(9-13)10-20(34-36)32-26(37)17-11-19(17)28/h7-10,12,14-15,17,19,30H,3-6,11H2,1-2H3,(H,31,33)(H,32,34,37)/t14-,15-,17-,19+/m1/s1. The second kappa shape index (κ2) is 9.25. The molecule has 6 rings (SSSR count). The largest absolute Gasteiger partial charge is 0.367 e. The van der Waals surface area contributed by atoms with Gasteiger partial charge in [0.15, 0.2) is 11.6 Å². The fraction of sp³-hybridized carbons (Fsp3) is 0.423. The Morgan fingerprint density at radius 2 is 2.03 bits per heavy atom. The van der Waals surface area contributed by atoms with Crippen LogP contribution in [0.5, 0.6) is 0 Å². The van der Waals surface area contributed by atoms with Crippen LogP contribution < -0.4 is 15.5 Å². The van der Waals surface area contributed by atoms with Crippen LogP contribution in [-0.2, 0) is 4.79 Å². The molecule has 1 aromatic carbocycles. The monoisotopic (exact) mass is 527 g/mol. The molecular weight excluding hydrogens is 500 g/mol. The van der Waals surface area contributed by atoms with E-state index in [0.29, 0.717) is 39.7 Å². The van der Waals surface area contributed by atoms with Crippen molar-refractivity contribution in [1.82, 2.24) is 25.1 Å². The Hall–Kier alpha value is -3.24. The number of hydrogen-bond donors (Lipinski definition) is 3. The fourth-order valence-electron chi connectivity index (χ4n) is 5.51. The molecule has 3 aromatic heterocycles. The summed E-state index contributed by atoms with van der Waals surface area (Å²) in [6.45, 7) is 0. The molecule has 37 heavy (non-hydrogen) atoms. The zero-order chi connectivity index (χ0) is 25.8. The van der Waals surface area contributed by atoms with E-state index in [2.05, 4.69) is 25.9 Å². The maximum atomic E-state index is 15.9. The number of pyridine rings is 1. The number of rotatable bonds is 6. The van der Waals surface area contributed by atoms with Gasteiger partial charge in [-0.15, -0.1) is 0 Å². The van der Waals surface area contributed by atoms with Crippen molar-refractivity contribution < 1.29 is 13.6 Å². The van der Waals surface area contributed by atoms with Crippen LogP contribution in [0.15, 0.2) is 30.6 Å². The van der Waals surface area contributed by atoms with E-state index in [0.717, 1.165) is 31.1 Å². The van der Waals surface area contributed by atoms with Crippen molar-refractivity contribution >= 4 is 45.4 Å². The number of aromatic amines is 1. The lowest BCUT2D eigenvalue weighted by Crippen LogP contribution is -2.40. The van der Waals surface area contributed by atoms with E-state index in [4.69, 9.17) is 11.6 Å². The molecule has 0 unspecified atom stereocenters. The minimum absolute atomic E-state index is 0.0276. The summed E-state index contributed by atoms with van der Waals surface area (Å²) in [4.78, 5) is 14.1. The number of benzene rings is 1. The van der Waals surface area contributed by atoms with Gasteiger partial charge in [0.05, 0.1) is 28.2 Å². The third kappa shape index (κ3) is 4.21. The normalized spacial score (nSPS) is 23.5.